The average molecular weight is 453 g/mol. The Kier molecular flexibility index (Phi) is 6.93. The van der Waals surface area contributed by atoms with Crippen LogP contribution in [-0.4, -0.2) is 66.4 Å². The highest BCUT2D eigenvalue weighted by atomic mass is 16.5. The first-order valence-corrected chi connectivity index (χ1v) is 11.2. The molecule has 2 unspecified atom stereocenters. The smallest absolute Gasteiger partial charge is 0.407 e. The fourth-order valence-electron chi connectivity index (χ4n) is 4.68. The average Bonchev–Trinajstić information content (AvgIpc) is 3.39. The van der Waals surface area contributed by atoms with Crippen LogP contribution in [0.2, 0.25) is 0 Å². The molecule has 0 saturated carbocycles. The zero-order valence-corrected chi connectivity index (χ0v) is 18.5. The summed E-state index contributed by atoms with van der Waals surface area (Å²) in [5.74, 6) is -1.73. The van der Waals surface area contributed by atoms with E-state index in [4.69, 9.17) is 9.47 Å². The molecule has 0 spiro atoms. The van der Waals surface area contributed by atoms with Crippen molar-refractivity contribution >= 4 is 18.0 Å². The van der Waals surface area contributed by atoms with E-state index in [1.54, 1.807) is 0 Å². The molecule has 1 fully saturated rings. The van der Waals surface area contributed by atoms with E-state index in [9.17, 15) is 19.5 Å². The monoisotopic (exact) mass is 452 g/mol. The van der Waals surface area contributed by atoms with E-state index in [0.717, 1.165) is 22.3 Å². The molecule has 2 N–H and O–H groups in total. The molecule has 174 valence electrons. The molecule has 1 heterocycles. The van der Waals surface area contributed by atoms with Gasteiger partial charge in [-0.05, 0) is 35.6 Å². The van der Waals surface area contributed by atoms with Gasteiger partial charge in [0.05, 0.1) is 12.5 Å². The van der Waals surface area contributed by atoms with Crippen LogP contribution >= 0.6 is 0 Å². The predicted molar refractivity (Wildman–Crippen MR) is 121 cm³/mol. The van der Waals surface area contributed by atoms with Crippen molar-refractivity contribution in [1.29, 1.82) is 0 Å². The van der Waals surface area contributed by atoms with Gasteiger partial charge in [-0.2, -0.15) is 0 Å². The second-order valence-corrected chi connectivity index (χ2v) is 8.27. The maximum Gasteiger partial charge on any atom is 0.407 e. The van der Waals surface area contributed by atoms with Crippen LogP contribution < -0.4 is 5.32 Å². The lowest BCUT2D eigenvalue weighted by molar-refractivity contribution is -0.142. The topological polar surface area (TPSA) is 105 Å². The van der Waals surface area contributed by atoms with E-state index >= 15 is 0 Å². The molecule has 0 aromatic heterocycles. The highest BCUT2D eigenvalue weighted by Gasteiger charge is 2.34. The summed E-state index contributed by atoms with van der Waals surface area (Å²) in [6, 6.07) is 14.8. The summed E-state index contributed by atoms with van der Waals surface area (Å²) >= 11 is 0. The largest absolute Gasteiger partial charge is 0.481 e. The van der Waals surface area contributed by atoms with Gasteiger partial charge in [0.15, 0.2) is 0 Å². The molecule has 2 aliphatic rings. The van der Waals surface area contributed by atoms with E-state index in [0.29, 0.717) is 26.1 Å². The third-order valence-corrected chi connectivity index (χ3v) is 6.17. The molecule has 2 atom stereocenters. The number of nitrogens with zero attached hydrogens (tertiary/aromatic N) is 1. The number of nitrogens with one attached hydrogen (secondary N) is 1. The number of aliphatic carboxylic acids is 1. The molecular formula is C25H28N2O6. The molecule has 8 heteroatoms. The lowest BCUT2D eigenvalue weighted by Gasteiger charge is -2.23. The lowest BCUT2D eigenvalue weighted by atomic mass is 9.98. The van der Waals surface area contributed by atoms with Gasteiger partial charge in [-0.3, -0.25) is 9.59 Å². The molecule has 4 rings (SSSR count). The predicted octanol–water partition coefficient (Wildman–Crippen LogP) is 3.01. The molecule has 8 nitrogen and oxygen atoms in total. The van der Waals surface area contributed by atoms with Crippen molar-refractivity contribution in [3.05, 3.63) is 59.7 Å². The van der Waals surface area contributed by atoms with Gasteiger partial charge >= 0.3 is 12.1 Å². The molecular weight excluding hydrogens is 424 g/mol. The number of carbonyl (C=O) groups is 3. The quantitative estimate of drug-likeness (QED) is 0.638. The number of hydrogen-bond acceptors (Lipinski definition) is 5. The lowest BCUT2D eigenvalue weighted by Crippen LogP contribution is -2.49. The number of carboxylic acid groups (broad SMARTS) is 1. The summed E-state index contributed by atoms with van der Waals surface area (Å²) < 4.78 is 11.0. The Hall–Kier alpha value is -3.39. The van der Waals surface area contributed by atoms with Crippen molar-refractivity contribution in [3.63, 3.8) is 0 Å². The van der Waals surface area contributed by atoms with Crippen LogP contribution in [0.5, 0.6) is 0 Å². The minimum Gasteiger partial charge on any atom is -0.481 e. The van der Waals surface area contributed by atoms with Gasteiger partial charge in [-0.25, -0.2) is 4.79 Å². The van der Waals surface area contributed by atoms with Crippen molar-refractivity contribution in [2.24, 2.45) is 0 Å². The normalized spacial score (nSPS) is 17.8. The Morgan fingerprint density at radius 2 is 1.73 bits per heavy atom. The van der Waals surface area contributed by atoms with Crippen molar-refractivity contribution in [2.75, 3.05) is 26.3 Å². The number of carboxylic acids is 1. The number of amides is 2. The first kappa shape index (κ1) is 22.8. The van der Waals surface area contributed by atoms with Crippen LogP contribution in [0.4, 0.5) is 4.79 Å². The third kappa shape index (κ3) is 5.01. The third-order valence-electron chi connectivity index (χ3n) is 6.17. The standard InChI is InChI=1S/C25H28N2O6/c1-2-32-16-11-12-27(14-16)24(30)22(13-23(28)29)26-25(31)33-15-21-19-9-5-3-7-17(19)18-8-4-6-10-20(18)21/h3-10,16,21-22H,2,11-15H2,1H3,(H,26,31)(H,28,29). The molecule has 33 heavy (non-hydrogen) atoms. The van der Waals surface area contributed by atoms with Crippen molar-refractivity contribution < 1.29 is 29.0 Å². The second-order valence-electron chi connectivity index (χ2n) is 8.27. The first-order chi connectivity index (χ1) is 16.0. The number of hydrogen-bond donors (Lipinski definition) is 2. The summed E-state index contributed by atoms with van der Waals surface area (Å²) in [4.78, 5) is 38.3. The maximum absolute atomic E-state index is 12.9. The molecule has 2 aromatic rings. The van der Waals surface area contributed by atoms with Crippen molar-refractivity contribution in [2.45, 2.75) is 37.8 Å². The van der Waals surface area contributed by atoms with Gasteiger partial charge in [0.2, 0.25) is 5.91 Å². The zero-order valence-electron chi connectivity index (χ0n) is 18.5. The Morgan fingerprint density at radius 3 is 2.33 bits per heavy atom. The Bertz CT molecular complexity index is 994. The van der Waals surface area contributed by atoms with Crippen molar-refractivity contribution in [1.82, 2.24) is 10.2 Å². The van der Waals surface area contributed by atoms with Gasteiger partial charge < -0.3 is 24.8 Å². The van der Waals surface area contributed by atoms with Crippen LogP contribution in [0.1, 0.15) is 36.8 Å². The molecule has 1 saturated heterocycles. The Labute approximate surface area is 192 Å². The Morgan fingerprint density at radius 1 is 1.09 bits per heavy atom. The summed E-state index contributed by atoms with van der Waals surface area (Å²) in [5, 5.41) is 11.7. The Balaban J connectivity index is 1.40. The maximum atomic E-state index is 12.9. The van der Waals surface area contributed by atoms with Gasteiger partial charge in [0.1, 0.15) is 12.6 Å². The van der Waals surface area contributed by atoms with Crippen molar-refractivity contribution in [3.8, 4) is 11.1 Å². The summed E-state index contributed by atoms with van der Waals surface area (Å²) in [6.45, 7) is 3.37. The molecule has 0 radical (unpaired) electrons. The highest BCUT2D eigenvalue weighted by molar-refractivity contribution is 5.89. The molecule has 2 aromatic carbocycles. The number of carbonyl (C=O) groups excluding carboxylic acids is 2. The van der Waals surface area contributed by atoms with E-state index < -0.39 is 30.4 Å². The fraction of sp³-hybridized carbons (Fsp3) is 0.400. The summed E-state index contributed by atoms with van der Waals surface area (Å²) in [5.41, 5.74) is 4.37. The number of rotatable bonds is 8. The van der Waals surface area contributed by atoms with E-state index in [1.807, 2.05) is 55.5 Å². The molecule has 0 bridgehead atoms. The van der Waals surface area contributed by atoms with Crippen LogP contribution in [0.15, 0.2) is 48.5 Å². The van der Waals surface area contributed by atoms with Crippen LogP contribution in [0.25, 0.3) is 11.1 Å². The van der Waals surface area contributed by atoms with E-state index in [2.05, 4.69) is 5.32 Å². The molecule has 1 aliphatic heterocycles. The minimum absolute atomic E-state index is 0.0705. The molecule has 1 aliphatic carbocycles. The zero-order chi connectivity index (χ0) is 23.4. The SMILES string of the molecule is CCOC1CCN(C(=O)C(CC(=O)O)NC(=O)OCC2c3ccccc3-c3ccccc32)C1. The summed E-state index contributed by atoms with van der Waals surface area (Å²) in [6.07, 6.45) is -0.709. The number of ether oxygens (including phenoxy) is 2. The van der Waals surface area contributed by atoms with E-state index in [1.165, 1.54) is 4.90 Å². The summed E-state index contributed by atoms with van der Waals surface area (Å²) in [7, 11) is 0. The number of fused-ring (bicyclic) bond motifs is 3. The van der Waals surface area contributed by atoms with E-state index in [-0.39, 0.29) is 18.6 Å². The number of likely N-dealkylation sites (tertiary alicyclic amines) is 1. The number of benzene rings is 2. The van der Waals surface area contributed by atoms with Crippen LogP contribution in [0.3, 0.4) is 0 Å². The van der Waals surface area contributed by atoms with Gasteiger partial charge in [-0.15, -0.1) is 0 Å². The van der Waals surface area contributed by atoms with Gasteiger partial charge in [0, 0.05) is 25.6 Å². The van der Waals surface area contributed by atoms with Gasteiger partial charge in [0.25, 0.3) is 0 Å². The fourth-order valence-corrected chi connectivity index (χ4v) is 4.68. The highest BCUT2D eigenvalue weighted by Crippen LogP contribution is 2.44. The number of alkyl carbamates (subject to hydrolysis) is 1. The van der Waals surface area contributed by atoms with Gasteiger partial charge in [-0.1, -0.05) is 48.5 Å². The first-order valence-electron chi connectivity index (χ1n) is 11.2. The minimum atomic E-state index is -1.20. The molecule has 2 amide bonds. The van der Waals surface area contributed by atoms with Crippen LogP contribution in [-0.2, 0) is 19.1 Å². The van der Waals surface area contributed by atoms with Crippen LogP contribution in [0, 0.1) is 0 Å². The second kappa shape index (κ2) is 10.0.